The minimum absolute atomic E-state index is 0.00134. The molecule has 0 bridgehead atoms. The summed E-state index contributed by atoms with van der Waals surface area (Å²) >= 11 is 1.65. The van der Waals surface area contributed by atoms with Gasteiger partial charge in [-0.15, -0.1) is 0 Å². The molecule has 0 aliphatic rings. The molecule has 2 aromatic rings. The van der Waals surface area contributed by atoms with Crippen LogP contribution in [0.3, 0.4) is 0 Å². The molecule has 3 heteroatoms. The van der Waals surface area contributed by atoms with Crippen molar-refractivity contribution in [3.63, 3.8) is 0 Å². The van der Waals surface area contributed by atoms with Crippen molar-refractivity contribution in [2.24, 2.45) is 0 Å². The second kappa shape index (κ2) is 5.14. The van der Waals surface area contributed by atoms with Crippen molar-refractivity contribution in [3.8, 4) is 16.9 Å². The van der Waals surface area contributed by atoms with Crippen LogP contribution in [-0.2, 0) is 6.61 Å². The van der Waals surface area contributed by atoms with Crippen LogP contribution < -0.4 is 4.74 Å². The highest BCUT2D eigenvalue weighted by molar-refractivity contribution is 7.08. The SMILES string of the molecule is CCOc1cccc(-c2ccsc2)c1CO. The fraction of sp³-hybridized carbons (Fsp3) is 0.231. The smallest absolute Gasteiger partial charge is 0.125 e. The Bertz CT molecular complexity index is 449. The van der Waals surface area contributed by atoms with E-state index in [1.54, 1.807) is 11.3 Å². The Labute approximate surface area is 99.1 Å². The molecule has 0 amide bonds. The molecule has 1 N–H and O–H groups in total. The van der Waals surface area contributed by atoms with Crippen LogP contribution in [0.25, 0.3) is 11.1 Å². The summed E-state index contributed by atoms with van der Waals surface area (Å²) in [5, 5.41) is 13.6. The third kappa shape index (κ3) is 2.10. The van der Waals surface area contributed by atoms with Crippen LogP contribution in [0, 0.1) is 0 Å². The van der Waals surface area contributed by atoms with E-state index in [1.807, 2.05) is 30.5 Å². The number of hydrogen-bond acceptors (Lipinski definition) is 3. The lowest BCUT2D eigenvalue weighted by Crippen LogP contribution is -1.98. The molecule has 1 heterocycles. The van der Waals surface area contributed by atoms with Gasteiger partial charge in [-0.05, 0) is 40.9 Å². The van der Waals surface area contributed by atoms with Crippen molar-refractivity contribution >= 4 is 11.3 Å². The van der Waals surface area contributed by atoms with E-state index in [0.717, 1.165) is 22.4 Å². The van der Waals surface area contributed by atoms with E-state index in [-0.39, 0.29) is 6.61 Å². The number of aliphatic hydroxyl groups is 1. The number of rotatable bonds is 4. The van der Waals surface area contributed by atoms with E-state index in [0.29, 0.717) is 6.61 Å². The van der Waals surface area contributed by atoms with Crippen LogP contribution in [0.4, 0.5) is 0 Å². The van der Waals surface area contributed by atoms with Gasteiger partial charge >= 0.3 is 0 Å². The summed E-state index contributed by atoms with van der Waals surface area (Å²) in [5.74, 6) is 0.772. The summed E-state index contributed by atoms with van der Waals surface area (Å²) in [6.45, 7) is 2.56. The molecule has 2 rings (SSSR count). The Morgan fingerprint density at radius 2 is 2.19 bits per heavy atom. The predicted octanol–water partition coefficient (Wildman–Crippen LogP) is 3.31. The summed E-state index contributed by atoms with van der Waals surface area (Å²) in [5.41, 5.74) is 3.05. The number of aliphatic hydroxyl groups excluding tert-OH is 1. The predicted molar refractivity (Wildman–Crippen MR) is 66.8 cm³/mol. The van der Waals surface area contributed by atoms with Gasteiger partial charge in [0.15, 0.2) is 0 Å². The first-order chi connectivity index (χ1) is 7.86. The topological polar surface area (TPSA) is 29.5 Å². The van der Waals surface area contributed by atoms with Crippen LogP contribution in [0.1, 0.15) is 12.5 Å². The lowest BCUT2D eigenvalue weighted by Gasteiger charge is -2.12. The normalized spacial score (nSPS) is 10.4. The first kappa shape index (κ1) is 11.2. The zero-order valence-electron chi connectivity index (χ0n) is 9.14. The molecule has 0 aliphatic carbocycles. The maximum absolute atomic E-state index is 9.45. The number of benzene rings is 1. The van der Waals surface area contributed by atoms with E-state index in [2.05, 4.69) is 11.4 Å². The first-order valence-electron chi connectivity index (χ1n) is 5.25. The van der Waals surface area contributed by atoms with Crippen LogP contribution >= 0.6 is 11.3 Å². The third-order valence-electron chi connectivity index (χ3n) is 2.42. The highest BCUT2D eigenvalue weighted by atomic mass is 32.1. The van der Waals surface area contributed by atoms with Gasteiger partial charge in [0.1, 0.15) is 5.75 Å². The third-order valence-corrected chi connectivity index (χ3v) is 3.11. The quantitative estimate of drug-likeness (QED) is 0.879. The van der Waals surface area contributed by atoms with Gasteiger partial charge in [0, 0.05) is 5.56 Å². The average molecular weight is 234 g/mol. The molecule has 0 spiro atoms. The molecular formula is C13H14O2S. The Balaban J connectivity index is 2.49. The first-order valence-corrected chi connectivity index (χ1v) is 6.19. The van der Waals surface area contributed by atoms with Crippen LogP contribution in [-0.4, -0.2) is 11.7 Å². The summed E-state index contributed by atoms with van der Waals surface area (Å²) in [7, 11) is 0. The highest BCUT2D eigenvalue weighted by Crippen LogP contribution is 2.31. The van der Waals surface area contributed by atoms with Gasteiger partial charge in [0.2, 0.25) is 0 Å². The zero-order valence-corrected chi connectivity index (χ0v) is 9.96. The maximum atomic E-state index is 9.45. The number of thiophene rings is 1. The second-order valence-electron chi connectivity index (χ2n) is 3.39. The van der Waals surface area contributed by atoms with E-state index in [9.17, 15) is 5.11 Å². The number of hydrogen-bond donors (Lipinski definition) is 1. The van der Waals surface area contributed by atoms with Crippen molar-refractivity contribution in [1.29, 1.82) is 0 Å². The van der Waals surface area contributed by atoms with E-state index < -0.39 is 0 Å². The molecule has 84 valence electrons. The molecule has 1 aromatic carbocycles. The number of ether oxygens (including phenoxy) is 1. The average Bonchev–Trinajstić information content (AvgIpc) is 2.82. The minimum atomic E-state index is 0.00134. The van der Waals surface area contributed by atoms with E-state index >= 15 is 0 Å². The van der Waals surface area contributed by atoms with Crippen molar-refractivity contribution < 1.29 is 9.84 Å². The minimum Gasteiger partial charge on any atom is -0.493 e. The molecule has 0 unspecified atom stereocenters. The maximum Gasteiger partial charge on any atom is 0.125 e. The molecule has 0 aliphatic heterocycles. The Hall–Kier alpha value is -1.32. The molecule has 1 aromatic heterocycles. The largest absolute Gasteiger partial charge is 0.493 e. The molecular weight excluding hydrogens is 220 g/mol. The van der Waals surface area contributed by atoms with Crippen LogP contribution in [0.5, 0.6) is 5.75 Å². The fourth-order valence-electron chi connectivity index (χ4n) is 1.71. The van der Waals surface area contributed by atoms with Crippen LogP contribution in [0.15, 0.2) is 35.0 Å². The molecule has 0 fully saturated rings. The fourth-order valence-corrected chi connectivity index (χ4v) is 2.36. The Morgan fingerprint density at radius 1 is 1.31 bits per heavy atom. The highest BCUT2D eigenvalue weighted by Gasteiger charge is 2.10. The van der Waals surface area contributed by atoms with Gasteiger partial charge < -0.3 is 9.84 Å². The van der Waals surface area contributed by atoms with Crippen molar-refractivity contribution in [3.05, 3.63) is 40.6 Å². The zero-order chi connectivity index (χ0) is 11.4. The van der Waals surface area contributed by atoms with Crippen molar-refractivity contribution in [2.45, 2.75) is 13.5 Å². The van der Waals surface area contributed by atoms with Gasteiger partial charge in [-0.3, -0.25) is 0 Å². The summed E-state index contributed by atoms with van der Waals surface area (Å²) in [4.78, 5) is 0. The molecule has 0 radical (unpaired) electrons. The van der Waals surface area contributed by atoms with Gasteiger partial charge in [-0.25, -0.2) is 0 Å². The molecule has 0 saturated carbocycles. The standard InChI is InChI=1S/C13H14O2S/c1-2-15-13-5-3-4-11(12(13)8-14)10-6-7-16-9-10/h3-7,9,14H,2,8H2,1H3. The monoisotopic (exact) mass is 234 g/mol. The summed E-state index contributed by atoms with van der Waals surface area (Å²) in [6, 6.07) is 7.91. The van der Waals surface area contributed by atoms with Gasteiger partial charge in [-0.2, -0.15) is 11.3 Å². The van der Waals surface area contributed by atoms with E-state index in [1.165, 1.54) is 0 Å². The Kier molecular flexibility index (Phi) is 3.59. The molecule has 0 saturated heterocycles. The van der Waals surface area contributed by atoms with Gasteiger partial charge in [0.05, 0.1) is 13.2 Å². The lowest BCUT2D eigenvalue weighted by atomic mass is 10.0. The van der Waals surface area contributed by atoms with Crippen molar-refractivity contribution in [2.75, 3.05) is 6.61 Å². The second-order valence-corrected chi connectivity index (χ2v) is 4.17. The van der Waals surface area contributed by atoms with Gasteiger partial charge in [0.25, 0.3) is 0 Å². The molecule has 0 atom stereocenters. The Morgan fingerprint density at radius 3 is 2.81 bits per heavy atom. The summed E-state index contributed by atoms with van der Waals surface area (Å²) < 4.78 is 5.51. The van der Waals surface area contributed by atoms with Crippen molar-refractivity contribution in [1.82, 2.24) is 0 Å². The van der Waals surface area contributed by atoms with Crippen LogP contribution in [0.2, 0.25) is 0 Å². The van der Waals surface area contributed by atoms with E-state index in [4.69, 9.17) is 4.74 Å². The molecule has 2 nitrogen and oxygen atoms in total. The van der Waals surface area contributed by atoms with Gasteiger partial charge in [-0.1, -0.05) is 12.1 Å². The lowest BCUT2D eigenvalue weighted by molar-refractivity contribution is 0.267. The summed E-state index contributed by atoms with van der Waals surface area (Å²) in [6.07, 6.45) is 0. The molecule has 16 heavy (non-hydrogen) atoms.